The van der Waals surface area contributed by atoms with Crippen molar-refractivity contribution in [3.63, 3.8) is 0 Å². The second-order valence-electron chi connectivity index (χ2n) is 8.42. The predicted octanol–water partition coefficient (Wildman–Crippen LogP) is 2.79. The number of piperidine rings is 1. The van der Waals surface area contributed by atoms with E-state index in [2.05, 4.69) is 27.4 Å². The predicted molar refractivity (Wildman–Crippen MR) is 137 cm³/mol. The van der Waals surface area contributed by atoms with Gasteiger partial charge < -0.3 is 30.7 Å². The molecule has 0 bridgehead atoms. The Hall–Kier alpha value is -3.37. The summed E-state index contributed by atoms with van der Waals surface area (Å²) in [5.41, 5.74) is 10.7. The van der Waals surface area contributed by atoms with Crippen molar-refractivity contribution in [3.8, 4) is 0 Å². The fourth-order valence-electron chi connectivity index (χ4n) is 4.27. The molecular formula is C24H35FN8O. The van der Waals surface area contributed by atoms with Crippen molar-refractivity contribution in [2.45, 2.75) is 32.7 Å². The van der Waals surface area contributed by atoms with Gasteiger partial charge in [0.25, 0.3) is 0 Å². The molecule has 2 aromatic heterocycles. The molecule has 0 amide bonds. The van der Waals surface area contributed by atoms with E-state index >= 15 is 0 Å². The lowest BCUT2D eigenvalue weighted by Gasteiger charge is -2.36. The maximum absolute atomic E-state index is 13.3. The van der Waals surface area contributed by atoms with Crippen molar-refractivity contribution >= 4 is 34.7 Å². The zero-order valence-corrected chi connectivity index (χ0v) is 20.3. The highest BCUT2D eigenvalue weighted by Crippen LogP contribution is 2.36. The molecule has 4 rings (SSSR count). The third-order valence-corrected chi connectivity index (χ3v) is 5.95. The van der Waals surface area contributed by atoms with Gasteiger partial charge in [0.2, 0.25) is 0 Å². The third kappa shape index (κ3) is 5.57. The first kappa shape index (κ1) is 25.3. The second-order valence-corrected chi connectivity index (χ2v) is 8.42. The molecule has 0 radical (unpaired) electrons. The summed E-state index contributed by atoms with van der Waals surface area (Å²) in [5, 5.41) is 7.87. The molecule has 1 saturated heterocycles. The van der Waals surface area contributed by atoms with E-state index in [1.165, 1.54) is 11.1 Å². The number of hydrogen-bond donors (Lipinski definition) is 4. The van der Waals surface area contributed by atoms with E-state index in [4.69, 9.17) is 11.6 Å². The number of nitrogens with two attached hydrogens (primary N) is 2. The molecule has 1 aromatic carbocycles. The first-order valence-electron chi connectivity index (χ1n) is 11.5. The lowest BCUT2D eigenvalue weighted by molar-refractivity contribution is 0.112. The van der Waals surface area contributed by atoms with E-state index in [9.17, 15) is 9.18 Å². The van der Waals surface area contributed by atoms with Gasteiger partial charge in [0.15, 0.2) is 17.8 Å². The average molecular weight is 471 g/mol. The van der Waals surface area contributed by atoms with E-state index in [-0.39, 0.29) is 5.82 Å². The molecule has 1 aliphatic heterocycles. The van der Waals surface area contributed by atoms with Crippen LogP contribution < -0.4 is 32.1 Å². The quantitative estimate of drug-likeness (QED) is 0.188. The average Bonchev–Trinajstić information content (AvgIpc) is 3.20. The Balaban J connectivity index is 0.000000212. The number of imidazole rings is 1. The molecular weight excluding hydrogens is 435 g/mol. The summed E-state index contributed by atoms with van der Waals surface area (Å²) < 4.78 is 15.0. The Morgan fingerprint density at radius 3 is 2.59 bits per heavy atom. The highest BCUT2D eigenvalue weighted by molar-refractivity contribution is 5.94. The normalized spacial score (nSPS) is 14.0. The number of anilines is 4. The molecule has 10 heteroatoms. The Labute approximate surface area is 199 Å². The zero-order valence-electron chi connectivity index (χ0n) is 20.3. The SMILES string of the molecule is CCNC1CCN(c2ccc(C=O)c(N)c2N(C)N)CC1.CNc1cc(F)c2nc(C)cn2c1. The molecule has 0 atom stereocenters. The van der Waals surface area contributed by atoms with Gasteiger partial charge in [-0.15, -0.1) is 0 Å². The van der Waals surface area contributed by atoms with E-state index in [1.54, 1.807) is 37.0 Å². The van der Waals surface area contributed by atoms with E-state index in [0.717, 1.165) is 61.5 Å². The van der Waals surface area contributed by atoms with Crippen LogP contribution in [0.3, 0.4) is 0 Å². The maximum Gasteiger partial charge on any atom is 0.173 e. The van der Waals surface area contributed by atoms with Gasteiger partial charge in [-0.1, -0.05) is 6.92 Å². The van der Waals surface area contributed by atoms with Gasteiger partial charge in [0, 0.05) is 57.3 Å². The molecule has 0 unspecified atom stereocenters. The Morgan fingerprint density at radius 1 is 1.29 bits per heavy atom. The summed E-state index contributed by atoms with van der Waals surface area (Å²) >= 11 is 0. The summed E-state index contributed by atoms with van der Waals surface area (Å²) in [6.45, 7) is 6.89. The molecule has 1 aliphatic rings. The minimum Gasteiger partial charge on any atom is -0.396 e. The van der Waals surface area contributed by atoms with Gasteiger partial charge in [-0.3, -0.25) is 4.79 Å². The van der Waals surface area contributed by atoms with E-state index < -0.39 is 0 Å². The van der Waals surface area contributed by atoms with Crippen LogP contribution in [-0.4, -0.2) is 55.4 Å². The van der Waals surface area contributed by atoms with Gasteiger partial charge in [-0.2, -0.15) is 0 Å². The number of hydrogen-bond acceptors (Lipinski definition) is 8. The molecule has 0 saturated carbocycles. The number of fused-ring (bicyclic) bond motifs is 1. The monoisotopic (exact) mass is 470 g/mol. The first-order chi connectivity index (χ1) is 16.3. The number of halogens is 1. The zero-order chi connectivity index (χ0) is 24.8. The van der Waals surface area contributed by atoms with Crippen molar-refractivity contribution in [1.29, 1.82) is 0 Å². The Kier molecular flexibility index (Phi) is 8.30. The van der Waals surface area contributed by atoms with Crippen LogP contribution in [0.1, 0.15) is 35.8 Å². The van der Waals surface area contributed by atoms with Crippen LogP contribution >= 0.6 is 0 Å². The summed E-state index contributed by atoms with van der Waals surface area (Å²) in [7, 11) is 3.50. The highest BCUT2D eigenvalue weighted by Gasteiger charge is 2.23. The van der Waals surface area contributed by atoms with Crippen LogP contribution in [0.15, 0.2) is 30.6 Å². The molecule has 34 heavy (non-hydrogen) atoms. The first-order valence-corrected chi connectivity index (χ1v) is 11.5. The highest BCUT2D eigenvalue weighted by atomic mass is 19.1. The molecule has 1 fully saturated rings. The largest absolute Gasteiger partial charge is 0.396 e. The van der Waals surface area contributed by atoms with Crippen molar-refractivity contribution in [3.05, 3.63) is 47.7 Å². The third-order valence-electron chi connectivity index (χ3n) is 5.95. The molecule has 9 nitrogen and oxygen atoms in total. The number of aromatic nitrogens is 2. The second kappa shape index (κ2) is 11.2. The number of nitrogens with one attached hydrogen (secondary N) is 2. The van der Waals surface area contributed by atoms with Gasteiger partial charge in [-0.25, -0.2) is 15.2 Å². The summed E-state index contributed by atoms with van der Waals surface area (Å²) in [6.07, 6.45) is 6.55. The van der Waals surface area contributed by atoms with Gasteiger partial charge in [-0.05, 0) is 38.4 Å². The summed E-state index contributed by atoms with van der Waals surface area (Å²) in [6, 6.07) is 5.71. The standard InChI is InChI=1S/C15H25N5O.C9H10FN3/c1-3-18-12-6-8-20(9-7-12)13-5-4-11(10-21)14(16)15(13)19(2)17;1-6-4-13-5-7(11-2)3-8(10)9(13)12-6/h4-5,10,12,18H,3,6-9,16-17H2,1-2H3;3-5,11H,1-2H3. The number of nitrogens with zero attached hydrogens (tertiary/aromatic N) is 4. The van der Waals surface area contributed by atoms with E-state index in [0.29, 0.717) is 22.9 Å². The number of rotatable bonds is 6. The van der Waals surface area contributed by atoms with Gasteiger partial charge in [0.1, 0.15) is 0 Å². The lowest BCUT2D eigenvalue weighted by atomic mass is 10.0. The van der Waals surface area contributed by atoms with Crippen LogP contribution in [0.4, 0.5) is 27.1 Å². The minimum atomic E-state index is -0.306. The Bertz CT molecular complexity index is 1120. The lowest BCUT2D eigenvalue weighted by Crippen LogP contribution is -2.43. The number of aryl methyl sites for hydroxylation is 1. The van der Waals surface area contributed by atoms with Crippen LogP contribution in [0.2, 0.25) is 0 Å². The van der Waals surface area contributed by atoms with Crippen molar-refractivity contribution in [1.82, 2.24) is 14.7 Å². The molecule has 3 heterocycles. The van der Waals surface area contributed by atoms with Gasteiger partial charge >= 0.3 is 0 Å². The Morgan fingerprint density at radius 2 is 2.00 bits per heavy atom. The van der Waals surface area contributed by atoms with Gasteiger partial charge in [0.05, 0.1) is 28.4 Å². The summed E-state index contributed by atoms with van der Waals surface area (Å²) in [5.74, 6) is 5.61. The fraction of sp³-hybridized carbons (Fsp3) is 0.417. The topological polar surface area (TPSA) is 117 Å². The molecule has 0 aliphatic carbocycles. The van der Waals surface area contributed by atoms with Crippen molar-refractivity contribution in [2.75, 3.05) is 54.7 Å². The number of carbonyl (C=O) groups excluding carboxylic acids is 1. The van der Waals surface area contributed by atoms with Crippen molar-refractivity contribution < 1.29 is 9.18 Å². The fourth-order valence-corrected chi connectivity index (χ4v) is 4.27. The smallest absolute Gasteiger partial charge is 0.173 e. The van der Waals surface area contributed by atoms with Crippen LogP contribution in [0.5, 0.6) is 0 Å². The van der Waals surface area contributed by atoms with Crippen LogP contribution in [0.25, 0.3) is 5.65 Å². The minimum absolute atomic E-state index is 0.306. The number of aldehydes is 1. The maximum atomic E-state index is 13.3. The number of hydrazine groups is 1. The van der Waals surface area contributed by atoms with Crippen LogP contribution in [0, 0.1) is 12.7 Å². The molecule has 3 aromatic rings. The van der Waals surface area contributed by atoms with Crippen LogP contribution in [-0.2, 0) is 0 Å². The number of pyridine rings is 1. The number of benzene rings is 1. The molecule has 6 N–H and O–H groups in total. The molecule has 0 spiro atoms. The number of carbonyl (C=O) groups is 1. The summed E-state index contributed by atoms with van der Waals surface area (Å²) in [4.78, 5) is 17.4. The number of nitrogen functional groups attached to an aromatic ring is 1. The van der Waals surface area contributed by atoms with Crippen molar-refractivity contribution in [2.24, 2.45) is 5.84 Å². The van der Waals surface area contributed by atoms with E-state index in [1.807, 2.05) is 13.0 Å². The molecule has 184 valence electrons.